The SMILES string of the molecule is CCN(CC)C(C)(Cc1c[nH]c2ccccc12)C(=O)O. The van der Waals surface area contributed by atoms with Crippen LogP contribution in [0.5, 0.6) is 0 Å². The number of likely N-dealkylation sites (N-methyl/N-ethyl adjacent to an activating group) is 1. The van der Waals surface area contributed by atoms with E-state index in [1.165, 1.54) is 0 Å². The summed E-state index contributed by atoms with van der Waals surface area (Å²) >= 11 is 0. The maximum atomic E-state index is 11.8. The van der Waals surface area contributed by atoms with E-state index in [-0.39, 0.29) is 0 Å². The first-order valence-electron chi connectivity index (χ1n) is 7.06. The van der Waals surface area contributed by atoms with Crippen molar-refractivity contribution in [3.05, 3.63) is 36.0 Å². The van der Waals surface area contributed by atoms with Crippen LogP contribution < -0.4 is 0 Å². The van der Waals surface area contributed by atoms with E-state index in [1.54, 1.807) is 0 Å². The number of hydrogen-bond acceptors (Lipinski definition) is 2. The molecule has 0 aliphatic carbocycles. The van der Waals surface area contributed by atoms with E-state index < -0.39 is 11.5 Å². The highest BCUT2D eigenvalue weighted by molar-refractivity contribution is 5.85. The molecule has 0 fully saturated rings. The third-order valence-electron chi connectivity index (χ3n) is 4.13. The summed E-state index contributed by atoms with van der Waals surface area (Å²) in [5, 5.41) is 10.8. The minimum Gasteiger partial charge on any atom is -0.480 e. The van der Waals surface area contributed by atoms with Gasteiger partial charge in [-0.3, -0.25) is 9.69 Å². The first kappa shape index (κ1) is 14.6. The fraction of sp³-hybridized carbons (Fsp3) is 0.438. The summed E-state index contributed by atoms with van der Waals surface area (Å²) in [6.45, 7) is 7.26. The summed E-state index contributed by atoms with van der Waals surface area (Å²) in [7, 11) is 0. The summed E-state index contributed by atoms with van der Waals surface area (Å²) in [5.41, 5.74) is 1.22. The number of rotatable bonds is 6. The zero-order chi connectivity index (χ0) is 14.8. The molecule has 1 atom stereocenters. The Labute approximate surface area is 119 Å². The van der Waals surface area contributed by atoms with Gasteiger partial charge in [-0.15, -0.1) is 0 Å². The Balaban J connectivity index is 2.40. The third-order valence-corrected chi connectivity index (χ3v) is 4.13. The summed E-state index contributed by atoms with van der Waals surface area (Å²) in [5.74, 6) is -0.772. The molecule has 108 valence electrons. The van der Waals surface area contributed by atoms with E-state index in [9.17, 15) is 9.90 Å². The summed E-state index contributed by atoms with van der Waals surface area (Å²) in [6.07, 6.45) is 2.42. The van der Waals surface area contributed by atoms with Gasteiger partial charge in [0, 0.05) is 23.5 Å². The van der Waals surface area contributed by atoms with Crippen molar-refractivity contribution in [2.45, 2.75) is 32.7 Å². The summed E-state index contributed by atoms with van der Waals surface area (Å²) in [4.78, 5) is 17.0. The van der Waals surface area contributed by atoms with Crippen molar-refractivity contribution in [2.24, 2.45) is 0 Å². The van der Waals surface area contributed by atoms with E-state index in [0.29, 0.717) is 6.42 Å². The van der Waals surface area contributed by atoms with Gasteiger partial charge in [-0.25, -0.2) is 0 Å². The number of carboxylic acid groups (broad SMARTS) is 1. The van der Waals surface area contributed by atoms with Crippen molar-refractivity contribution < 1.29 is 9.90 Å². The Morgan fingerprint density at radius 1 is 1.30 bits per heavy atom. The Bertz CT molecular complexity index is 601. The van der Waals surface area contributed by atoms with Crippen LogP contribution in [-0.2, 0) is 11.2 Å². The fourth-order valence-electron chi connectivity index (χ4n) is 2.89. The van der Waals surface area contributed by atoms with Crippen LogP contribution in [-0.4, -0.2) is 39.6 Å². The molecule has 20 heavy (non-hydrogen) atoms. The monoisotopic (exact) mass is 274 g/mol. The van der Waals surface area contributed by atoms with E-state index in [0.717, 1.165) is 29.6 Å². The second kappa shape index (κ2) is 5.67. The topological polar surface area (TPSA) is 56.3 Å². The maximum Gasteiger partial charge on any atom is 0.324 e. The Kier molecular flexibility index (Phi) is 4.14. The van der Waals surface area contributed by atoms with Crippen molar-refractivity contribution in [1.29, 1.82) is 0 Å². The van der Waals surface area contributed by atoms with Crippen LogP contribution >= 0.6 is 0 Å². The number of carboxylic acids is 1. The number of carbonyl (C=O) groups is 1. The van der Waals surface area contributed by atoms with Crippen LogP contribution in [0.15, 0.2) is 30.5 Å². The van der Waals surface area contributed by atoms with E-state index in [4.69, 9.17) is 0 Å². The Morgan fingerprint density at radius 3 is 2.55 bits per heavy atom. The number of para-hydroxylation sites is 1. The van der Waals surface area contributed by atoms with Crippen LogP contribution in [0.3, 0.4) is 0 Å². The largest absolute Gasteiger partial charge is 0.480 e. The smallest absolute Gasteiger partial charge is 0.324 e. The first-order chi connectivity index (χ1) is 9.52. The maximum absolute atomic E-state index is 11.8. The standard InChI is InChI=1S/C16H22N2O2/c1-4-18(5-2)16(3,15(19)20)10-12-11-17-14-9-7-6-8-13(12)14/h6-9,11,17H,4-5,10H2,1-3H3,(H,19,20). The van der Waals surface area contributed by atoms with E-state index in [1.807, 2.05) is 56.1 Å². The molecule has 1 heterocycles. The van der Waals surface area contributed by atoms with Gasteiger partial charge in [0.2, 0.25) is 0 Å². The van der Waals surface area contributed by atoms with Gasteiger partial charge in [-0.2, -0.15) is 0 Å². The van der Waals surface area contributed by atoms with Crippen molar-refractivity contribution in [1.82, 2.24) is 9.88 Å². The molecule has 2 aromatic rings. The highest BCUT2D eigenvalue weighted by atomic mass is 16.4. The average Bonchev–Trinajstić information content (AvgIpc) is 2.83. The zero-order valence-corrected chi connectivity index (χ0v) is 12.3. The van der Waals surface area contributed by atoms with Gasteiger partial charge in [0.25, 0.3) is 0 Å². The van der Waals surface area contributed by atoms with Crippen LogP contribution in [0.25, 0.3) is 10.9 Å². The highest BCUT2D eigenvalue weighted by Crippen LogP contribution is 2.26. The van der Waals surface area contributed by atoms with Crippen LogP contribution in [0.2, 0.25) is 0 Å². The van der Waals surface area contributed by atoms with Gasteiger partial charge in [-0.1, -0.05) is 32.0 Å². The molecule has 1 aromatic carbocycles. The molecule has 0 aliphatic rings. The van der Waals surface area contributed by atoms with Crippen molar-refractivity contribution in [3.8, 4) is 0 Å². The number of H-pyrrole nitrogens is 1. The fourth-order valence-corrected chi connectivity index (χ4v) is 2.89. The molecule has 4 heteroatoms. The molecule has 0 spiro atoms. The Hall–Kier alpha value is -1.81. The lowest BCUT2D eigenvalue weighted by Crippen LogP contribution is -2.53. The number of hydrogen-bond donors (Lipinski definition) is 2. The third kappa shape index (κ3) is 2.43. The molecule has 0 saturated heterocycles. The van der Waals surface area contributed by atoms with Gasteiger partial charge in [-0.05, 0) is 31.6 Å². The predicted octanol–water partition coefficient (Wildman–Crippen LogP) is 2.90. The lowest BCUT2D eigenvalue weighted by molar-refractivity contribution is -0.150. The van der Waals surface area contributed by atoms with Crippen LogP contribution in [0, 0.1) is 0 Å². The highest BCUT2D eigenvalue weighted by Gasteiger charge is 2.38. The number of aromatic nitrogens is 1. The number of nitrogens with zero attached hydrogens (tertiary/aromatic N) is 1. The molecule has 4 nitrogen and oxygen atoms in total. The number of aliphatic carboxylic acids is 1. The molecular weight excluding hydrogens is 252 g/mol. The lowest BCUT2D eigenvalue weighted by atomic mass is 9.90. The van der Waals surface area contributed by atoms with Gasteiger partial charge < -0.3 is 10.1 Å². The zero-order valence-electron chi connectivity index (χ0n) is 12.3. The van der Waals surface area contributed by atoms with Gasteiger partial charge >= 0.3 is 5.97 Å². The second-order valence-electron chi connectivity index (χ2n) is 5.29. The molecule has 2 rings (SSSR count). The number of nitrogens with one attached hydrogen (secondary N) is 1. The molecule has 2 N–H and O–H groups in total. The minimum absolute atomic E-state index is 0.494. The number of benzene rings is 1. The summed E-state index contributed by atoms with van der Waals surface area (Å²) in [6, 6.07) is 8.00. The summed E-state index contributed by atoms with van der Waals surface area (Å²) < 4.78 is 0. The molecule has 1 unspecified atom stereocenters. The lowest BCUT2D eigenvalue weighted by Gasteiger charge is -2.36. The Morgan fingerprint density at radius 2 is 1.95 bits per heavy atom. The van der Waals surface area contributed by atoms with Crippen molar-refractivity contribution >= 4 is 16.9 Å². The van der Waals surface area contributed by atoms with Crippen molar-refractivity contribution in [2.75, 3.05) is 13.1 Å². The molecule has 0 radical (unpaired) electrons. The molecular formula is C16H22N2O2. The quantitative estimate of drug-likeness (QED) is 0.851. The van der Waals surface area contributed by atoms with Crippen LogP contribution in [0.4, 0.5) is 0 Å². The molecule has 0 saturated carbocycles. The predicted molar refractivity (Wildman–Crippen MR) is 81.0 cm³/mol. The van der Waals surface area contributed by atoms with Crippen molar-refractivity contribution in [3.63, 3.8) is 0 Å². The number of fused-ring (bicyclic) bond motifs is 1. The van der Waals surface area contributed by atoms with E-state index in [2.05, 4.69) is 4.98 Å². The second-order valence-corrected chi connectivity index (χ2v) is 5.29. The molecule has 1 aromatic heterocycles. The van der Waals surface area contributed by atoms with Crippen LogP contribution in [0.1, 0.15) is 26.3 Å². The average molecular weight is 274 g/mol. The molecule has 0 aliphatic heterocycles. The van der Waals surface area contributed by atoms with E-state index >= 15 is 0 Å². The minimum atomic E-state index is -0.880. The van der Waals surface area contributed by atoms with Gasteiger partial charge in [0.15, 0.2) is 0 Å². The molecule has 0 amide bonds. The molecule has 0 bridgehead atoms. The van der Waals surface area contributed by atoms with Gasteiger partial charge in [0.1, 0.15) is 5.54 Å². The first-order valence-corrected chi connectivity index (χ1v) is 7.06. The normalized spacial score (nSPS) is 14.6. The number of aromatic amines is 1. The van der Waals surface area contributed by atoms with Gasteiger partial charge in [0.05, 0.1) is 0 Å².